The Morgan fingerprint density at radius 2 is 1.94 bits per heavy atom. The summed E-state index contributed by atoms with van der Waals surface area (Å²) in [6.45, 7) is 11.4. The summed E-state index contributed by atoms with van der Waals surface area (Å²) in [4.78, 5) is 64.1. The maximum absolute atomic E-state index is 14.4. The summed E-state index contributed by atoms with van der Waals surface area (Å²) in [5.74, 6) is -2.08. The van der Waals surface area contributed by atoms with Gasteiger partial charge in [-0.15, -0.1) is 17.9 Å². The van der Waals surface area contributed by atoms with Gasteiger partial charge in [0.2, 0.25) is 11.8 Å². The van der Waals surface area contributed by atoms with Crippen molar-refractivity contribution in [3.05, 3.63) is 40.7 Å². The van der Waals surface area contributed by atoms with Crippen molar-refractivity contribution >= 4 is 67.2 Å². The third kappa shape index (κ3) is 8.51. The Labute approximate surface area is 319 Å². The Morgan fingerprint density at radius 3 is 2.55 bits per heavy atom. The van der Waals surface area contributed by atoms with Crippen molar-refractivity contribution in [2.45, 2.75) is 77.2 Å². The molecule has 1 saturated heterocycles. The van der Waals surface area contributed by atoms with Gasteiger partial charge >= 0.3 is 12.1 Å². The Hall–Kier alpha value is -4.51. The van der Waals surface area contributed by atoms with E-state index in [9.17, 15) is 28.7 Å². The fourth-order valence-electron chi connectivity index (χ4n) is 6.28. The number of likely N-dealkylation sites (tertiary alicyclic amines) is 1. The van der Waals surface area contributed by atoms with E-state index in [4.69, 9.17) is 24.2 Å². The number of carbonyl (C=O) groups is 4. The number of hydrogen-bond donors (Lipinski definition) is 4. The monoisotopic (exact) mass is 818 g/mol. The fraction of sp³-hybridized carbons (Fsp3) is 0.500. The molecule has 3 heterocycles. The van der Waals surface area contributed by atoms with E-state index in [-0.39, 0.29) is 25.4 Å². The Bertz CT molecular complexity index is 1900. The second-order valence-electron chi connectivity index (χ2n) is 14.4. The standard InChI is InChI=1S/C36H44BrFN6O8S/c1-8-19-15-36(19,32(47)48)43-30(45)24-13-20(16-44(24)31(46)29(35(4,5)6)42-34(49)51-12-11-38)52-26-14-22(23-17-53-33(41-23)39-18(2)3)40-28-21(26)9-10-25(50-7)27(28)37/h8-10,14,17-20,24,29H,1,11-13,15-16H2,2-7H3,(H,39,41)(H,42,49)(H,43,45)(H,47,48)/t19-,20-,24+,29-,36-/m1/s1. The van der Waals surface area contributed by atoms with Gasteiger partial charge in [-0.25, -0.2) is 23.9 Å². The predicted molar refractivity (Wildman–Crippen MR) is 201 cm³/mol. The third-order valence-corrected chi connectivity index (χ3v) is 10.6. The predicted octanol–water partition coefficient (Wildman–Crippen LogP) is 5.55. The first-order valence-electron chi connectivity index (χ1n) is 17.1. The molecule has 5 atom stereocenters. The molecule has 0 radical (unpaired) electrons. The average molecular weight is 820 g/mol. The molecule has 0 unspecified atom stereocenters. The van der Waals surface area contributed by atoms with E-state index in [2.05, 4.69) is 38.5 Å². The number of hydrogen-bond acceptors (Lipinski definition) is 11. The number of amides is 3. The topological polar surface area (TPSA) is 181 Å². The number of thiazole rings is 1. The van der Waals surface area contributed by atoms with Gasteiger partial charge in [-0.05, 0) is 53.7 Å². The molecule has 4 N–H and O–H groups in total. The van der Waals surface area contributed by atoms with Crippen LogP contribution in [0.15, 0.2) is 40.7 Å². The number of aromatic nitrogens is 2. The number of benzene rings is 1. The highest BCUT2D eigenvalue weighted by Crippen LogP contribution is 2.45. The van der Waals surface area contributed by atoms with Crippen molar-refractivity contribution in [1.82, 2.24) is 25.5 Å². The number of nitrogens with zero attached hydrogens (tertiary/aromatic N) is 3. The molecule has 1 aromatic carbocycles. The first-order valence-corrected chi connectivity index (χ1v) is 18.7. The number of methoxy groups -OCH3 is 1. The number of rotatable bonds is 14. The number of halogens is 2. The van der Waals surface area contributed by atoms with Gasteiger partial charge in [0.1, 0.15) is 54.2 Å². The van der Waals surface area contributed by atoms with Crippen LogP contribution in [0.4, 0.5) is 14.3 Å². The van der Waals surface area contributed by atoms with E-state index in [0.29, 0.717) is 43.4 Å². The molecule has 2 fully saturated rings. The number of ether oxygens (including phenoxy) is 3. The van der Waals surface area contributed by atoms with E-state index < -0.39 is 72.2 Å². The first kappa shape index (κ1) is 39.7. The van der Waals surface area contributed by atoms with Crippen LogP contribution in [0.5, 0.6) is 11.5 Å². The van der Waals surface area contributed by atoms with Crippen molar-refractivity contribution in [3.63, 3.8) is 0 Å². The summed E-state index contributed by atoms with van der Waals surface area (Å²) in [5, 5.41) is 21.7. The van der Waals surface area contributed by atoms with Crippen LogP contribution >= 0.6 is 27.3 Å². The minimum absolute atomic E-state index is 0.00911. The third-order valence-electron chi connectivity index (χ3n) is 9.10. The van der Waals surface area contributed by atoms with E-state index >= 15 is 0 Å². The van der Waals surface area contributed by atoms with E-state index in [1.807, 2.05) is 19.2 Å². The van der Waals surface area contributed by atoms with Crippen molar-refractivity contribution in [3.8, 4) is 22.9 Å². The number of anilines is 1. The second kappa shape index (κ2) is 15.8. The molecular formula is C36H44BrFN6O8S. The average Bonchev–Trinajstić information content (AvgIpc) is 3.38. The van der Waals surface area contributed by atoms with Gasteiger partial charge < -0.3 is 40.2 Å². The molecule has 17 heteroatoms. The maximum atomic E-state index is 14.4. The molecule has 1 saturated carbocycles. The first-order chi connectivity index (χ1) is 25.0. The molecule has 14 nitrogen and oxygen atoms in total. The van der Waals surface area contributed by atoms with Crippen LogP contribution in [0.3, 0.4) is 0 Å². The molecule has 2 aromatic heterocycles. The van der Waals surface area contributed by atoms with Gasteiger partial charge in [-0.2, -0.15) is 0 Å². The van der Waals surface area contributed by atoms with Crippen molar-refractivity contribution in [1.29, 1.82) is 0 Å². The highest BCUT2D eigenvalue weighted by molar-refractivity contribution is 9.10. The molecular weight excluding hydrogens is 775 g/mol. The van der Waals surface area contributed by atoms with Crippen LogP contribution in [-0.4, -0.2) is 101 Å². The van der Waals surface area contributed by atoms with Crippen LogP contribution in [0.2, 0.25) is 0 Å². The summed E-state index contributed by atoms with van der Waals surface area (Å²) in [7, 11) is 1.54. The quantitative estimate of drug-likeness (QED) is 0.150. The lowest BCUT2D eigenvalue weighted by atomic mass is 9.85. The zero-order valence-corrected chi connectivity index (χ0v) is 32.7. The molecule has 3 aromatic rings. The van der Waals surface area contributed by atoms with Crippen LogP contribution in [0.1, 0.15) is 47.5 Å². The number of nitrogens with one attached hydrogen (secondary N) is 3. The normalized spacial score (nSPS) is 21.5. The molecule has 0 spiro atoms. The summed E-state index contributed by atoms with van der Waals surface area (Å²) in [5.41, 5.74) is -0.801. The molecule has 5 rings (SSSR count). The van der Waals surface area contributed by atoms with Crippen molar-refractivity contribution < 1.29 is 42.9 Å². The lowest BCUT2D eigenvalue weighted by molar-refractivity contribution is -0.146. The highest BCUT2D eigenvalue weighted by Gasteiger charge is 2.61. The molecule has 1 aliphatic carbocycles. The Balaban J connectivity index is 1.53. The molecule has 1 aliphatic heterocycles. The highest BCUT2D eigenvalue weighted by atomic mass is 79.9. The van der Waals surface area contributed by atoms with Crippen molar-refractivity contribution in [2.24, 2.45) is 11.3 Å². The lowest BCUT2D eigenvalue weighted by Crippen LogP contribution is -2.59. The second-order valence-corrected chi connectivity index (χ2v) is 16.0. The number of alkyl carbamates (subject to hydrolysis) is 1. The van der Waals surface area contributed by atoms with Gasteiger partial charge in [0.05, 0.1) is 29.3 Å². The minimum atomic E-state index is -1.55. The number of alkyl halides is 1. The zero-order chi connectivity index (χ0) is 38.8. The number of carbonyl (C=O) groups excluding carboxylic acids is 3. The van der Waals surface area contributed by atoms with Crippen LogP contribution in [0, 0.1) is 11.3 Å². The SMILES string of the molecule is C=C[C@@H]1C[C@]1(NC(=O)[C@@H]1C[C@@H](Oc2cc(-c3csc(NC(C)C)n3)nc3c(Br)c(OC)ccc23)CN1C(=O)[C@@H](NC(=O)OCCF)C(C)(C)C)C(=O)O. The van der Waals surface area contributed by atoms with Crippen LogP contribution in [-0.2, 0) is 19.1 Å². The Kier molecular flexibility index (Phi) is 11.9. The number of fused-ring (bicyclic) bond motifs is 1. The maximum Gasteiger partial charge on any atom is 0.407 e. The molecule has 286 valence electrons. The number of pyridine rings is 1. The van der Waals surface area contributed by atoms with Gasteiger partial charge in [-0.3, -0.25) is 9.59 Å². The molecule has 2 aliphatic rings. The zero-order valence-electron chi connectivity index (χ0n) is 30.3. The fourth-order valence-corrected chi connectivity index (χ4v) is 7.73. The number of aliphatic carboxylic acids is 1. The largest absolute Gasteiger partial charge is 0.495 e. The summed E-state index contributed by atoms with van der Waals surface area (Å²) < 4.78 is 30.4. The van der Waals surface area contributed by atoms with E-state index in [0.717, 1.165) is 0 Å². The Morgan fingerprint density at radius 1 is 1.21 bits per heavy atom. The molecule has 3 amide bonds. The summed E-state index contributed by atoms with van der Waals surface area (Å²) in [6.07, 6.45) is -0.141. The van der Waals surface area contributed by atoms with Crippen LogP contribution < -0.4 is 25.4 Å². The van der Waals surface area contributed by atoms with E-state index in [1.165, 1.54) is 22.3 Å². The molecule has 53 heavy (non-hydrogen) atoms. The summed E-state index contributed by atoms with van der Waals surface area (Å²) >= 11 is 5.05. The van der Waals surface area contributed by atoms with Gasteiger partial charge in [0.15, 0.2) is 5.13 Å². The lowest BCUT2D eigenvalue weighted by Gasteiger charge is -2.35. The minimum Gasteiger partial charge on any atom is -0.495 e. The van der Waals surface area contributed by atoms with Gasteiger partial charge in [0.25, 0.3) is 0 Å². The smallest absolute Gasteiger partial charge is 0.407 e. The van der Waals surface area contributed by atoms with Gasteiger partial charge in [-0.1, -0.05) is 26.8 Å². The van der Waals surface area contributed by atoms with Crippen LogP contribution in [0.25, 0.3) is 22.3 Å². The summed E-state index contributed by atoms with van der Waals surface area (Å²) in [6, 6.07) is 3.08. The molecule has 0 bridgehead atoms. The number of carboxylic acids is 1. The van der Waals surface area contributed by atoms with Crippen molar-refractivity contribution in [2.75, 3.05) is 32.3 Å². The van der Waals surface area contributed by atoms with Gasteiger partial charge in [0, 0.05) is 35.2 Å². The number of carboxylic acid groups (broad SMARTS) is 1. The van der Waals surface area contributed by atoms with E-state index in [1.54, 1.807) is 46.1 Å².